The topological polar surface area (TPSA) is 41.6 Å². The fraction of sp³-hybridized carbons (Fsp3) is 0.417. The summed E-state index contributed by atoms with van der Waals surface area (Å²) in [5.41, 5.74) is 6.90. The van der Waals surface area contributed by atoms with Gasteiger partial charge in [-0.25, -0.2) is 4.99 Å². The summed E-state index contributed by atoms with van der Waals surface area (Å²) in [5, 5.41) is 0.713. The molecule has 3 nitrogen and oxygen atoms in total. The van der Waals surface area contributed by atoms with Crippen LogP contribution in [0.15, 0.2) is 27.7 Å². The van der Waals surface area contributed by atoms with Crippen molar-refractivity contribution in [1.29, 1.82) is 0 Å². The first-order chi connectivity index (χ1) is 8.08. The van der Waals surface area contributed by atoms with Crippen LogP contribution in [0, 0.1) is 0 Å². The van der Waals surface area contributed by atoms with E-state index in [4.69, 9.17) is 17.3 Å². The van der Waals surface area contributed by atoms with Crippen LogP contribution in [0.2, 0.25) is 5.02 Å². The van der Waals surface area contributed by atoms with Crippen LogP contribution in [0.1, 0.15) is 18.4 Å². The van der Waals surface area contributed by atoms with E-state index < -0.39 is 0 Å². The summed E-state index contributed by atoms with van der Waals surface area (Å²) in [6.45, 7) is 0.523. The van der Waals surface area contributed by atoms with Crippen molar-refractivity contribution in [3.05, 3.63) is 33.3 Å². The number of guanidine groups is 1. The van der Waals surface area contributed by atoms with Gasteiger partial charge in [0.1, 0.15) is 0 Å². The van der Waals surface area contributed by atoms with Gasteiger partial charge in [-0.2, -0.15) is 0 Å². The van der Waals surface area contributed by atoms with Crippen LogP contribution < -0.4 is 5.73 Å². The number of rotatable bonds is 3. The molecule has 5 heteroatoms. The predicted molar refractivity (Wildman–Crippen MR) is 75.3 cm³/mol. The molecule has 1 aromatic rings. The van der Waals surface area contributed by atoms with Crippen LogP contribution in [0.4, 0.5) is 0 Å². The molecule has 0 aliphatic heterocycles. The molecule has 1 saturated carbocycles. The Hall–Kier alpha value is -0.740. The van der Waals surface area contributed by atoms with E-state index in [0.717, 1.165) is 10.0 Å². The Bertz CT molecular complexity index is 443. The molecular formula is C12H15BrClN3. The van der Waals surface area contributed by atoms with Crippen molar-refractivity contribution in [2.75, 3.05) is 7.05 Å². The second kappa shape index (κ2) is 5.27. The smallest absolute Gasteiger partial charge is 0.191 e. The normalized spacial score (nSPS) is 16.1. The van der Waals surface area contributed by atoms with E-state index in [2.05, 4.69) is 20.9 Å². The van der Waals surface area contributed by atoms with Crippen molar-refractivity contribution in [2.24, 2.45) is 10.7 Å². The number of aliphatic imine (C=N–C) groups is 1. The van der Waals surface area contributed by atoms with E-state index in [-0.39, 0.29) is 0 Å². The summed E-state index contributed by atoms with van der Waals surface area (Å²) in [5.74, 6) is 0.589. The van der Waals surface area contributed by atoms with E-state index in [0.29, 0.717) is 23.6 Å². The van der Waals surface area contributed by atoms with Crippen LogP contribution in [0.3, 0.4) is 0 Å². The number of halogens is 2. The predicted octanol–water partition coefficient (Wildman–Crippen LogP) is 3.01. The van der Waals surface area contributed by atoms with Crippen molar-refractivity contribution in [1.82, 2.24) is 4.90 Å². The van der Waals surface area contributed by atoms with Crippen molar-refractivity contribution >= 4 is 33.5 Å². The van der Waals surface area contributed by atoms with Gasteiger partial charge in [0, 0.05) is 22.6 Å². The molecule has 0 atom stereocenters. The average molecular weight is 317 g/mol. The maximum absolute atomic E-state index is 6.11. The molecule has 0 radical (unpaired) electrons. The lowest BCUT2D eigenvalue weighted by atomic mass is 10.2. The first kappa shape index (κ1) is 12.7. The molecule has 1 fully saturated rings. The van der Waals surface area contributed by atoms with Gasteiger partial charge < -0.3 is 10.6 Å². The van der Waals surface area contributed by atoms with Crippen LogP contribution >= 0.6 is 27.5 Å². The largest absolute Gasteiger partial charge is 0.370 e. The minimum absolute atomic E-state index is 0.523. The molecule has 17 heavy (non-hydrogen) atoms. The number of hydrogen-bond acceptors (Lipinski definition) is 1. The standard InChI is InChI=1S/C12H15BrClN3/c1-17(10-4-5-10)12(15)16-7-8-2-3-9(13)6-11(8)14/h2-3,6,10H,4-5,7H2,1H3,(H2,15,16). The third kappa shape index (κ3) is 3.36. The molecule has 0 amide bonds. The molecule has 0 bridgehead atoms. The minimum Gasteiger partial charge on any atom is -0.370 e. The van der Waals surface area contributed by atoms with Crippen LogP contribution in [-0.2, 0) is 6.54 Å². The summed E-state index contributed by atoms with van der Waals surface area (Å²) in [4.78, 5) is 6.40. The highest BCUT2D eigenvalue weighted by Crippen LogP contribution is 2.25. The Kier molecular flexibility index (Phi) is 3.94. The maximum Gasteiger partial charge on any atom is 0.191 e. The highest BCUT2D eigenvalue weighted by molar-refractivity contribution is 9.10. The summed E-state index contributed by atoms with van der Waals surface area (Å²) < 4.78 is 0.971. The van der Waals surface area contributed by atoms with Crippen LogP contribution in [0.25, 0.3) is 0 Å². The van der Waals surface area contributed by atoms with Crippen LogP contribution in [-0.4, -0.2) is 23.9 Å². The lowest BCUT2D eigenvalue weighted by molar-refractivity contribution is 0.487. The Morgan fingerprint density at radius 3 is 2.88 bits per heavy atom. The molecule has 2 N–H and O–H groups in total. The van der Waals surface area contributed by atoms with E-state index in [1.165, 1.54) is 12.8 Å². The number of benzene rings is 1. The first-order valence-corrected chi connectivity index (χ1v) is 6.71. The number of nitrogens with zero attached hydrogens (tertiary/aromatic N) is 2. The molecule has 0 unspecified atom stereocenters. The van der Waals surface area contributed by atoms with Crippen molar-refractivity contribution in [3.8, 4) is 0 Å². The quantitative estimate of drug-likeness (QED) is 0.688. The molecule has 1 aliphatic carbocycles. The average Bonchev–Trinajstić information content (AvgIpc) is 3.10. The Morgan fingerprint density at radius 2 is 2.29 bits per heavy atom. The van der Waals surface area contributed by atoms with Gasteiger partial charge in [0.05, 0.1) is 6.54 Å². The lowest BCUT2D eigenvalue weighted by Gasteiger charge is -2.16. The molecule has 2 rings (SSSR count). The Morgan fingerprint density at radius 1 is 1.59 bits per heavy atom. The highest BCUT2D eigenvalue weighted by Gasteiger charge is 2.27. The summed E-state index contributed by atoms with van der Waals surface area (Å²) in [6, 6.07) is 6.37. The van der Waals surface area contributed by atoms with Gasteiger partial charge in [0.2, 0.25) is 0 Å². The number of hydrogen-bond donors (Lipinski definition) is 1. The van der Waals surface area contributed by atoms with Gasteiger partial charge in [-0.05, 0) is 30.5 Å². The summed E-state index contributed by atoms with van der Waals surface area (Å²) in [6.07, 6.45) is 2.43. The zero-order chi connectivity index (χ0) is 12.4. The number of nitrogens with two attached hydrogens (primary N) is 1. The Labute approximate surface area is 115 Å². The Balaban J connectivity index is 2.02. The van der Waals surface area contributed by atoms with Gasteiger partial charge in [-0.3, -0.25) is 0 Å². The first-order valence-electron chi connectivity index (χ1n) is 5.54. The van der Waals surface area contributed by atoms with E-state index in [1.54, 1.807) is 0 Å². The molecule has 92 valence electrons. The van der Waals surface area contributed by atoms with E-state index >= 15 is 0 Å². The molecule has 0 saturated heterocycles. The van der Waals surface area contributed by atoms with Crippen molar-refractivity contribution in [2.45, 2.75) is 25.4 Å². The fourth-order valence-electron chi connectivity index (χ4n) is 1.58. The maximum atomic E-state index is 6.11. The SMILES string of the molecule is CN(C(N)=NCc1ccc(Br)cc1Cl)C1CC1. The molecular weight excluding hydrogens is 302 g/mol. The second-order valence-corrected chi connectivity index (χ2v) is 5.58. The van der Waals surface area contributed by atoms with E-state index in [9.17, 15) is 0 Å². The monoisotopic (exact) mass is 315 g/mol. The summed E-state index contributed by atoms with van der Waals surface area (Å²) in [7, 11) is 1.99. The van der Waals surface area contributed by atoms with Gasteiger partial charge >= 0.3 is 0 Å². The zero-order valence-electron chi connectivity index (χ0n) is 9.66. The highest BCUT2D eigenvalue weighted by atomic mass is 79.9. The van der Waals surface area contributed by atoms with Gasteiger partial charge in [0.25, 0.3) is 0 Å². The molecule has 0 spiro atoms. The van der Waals surface area contributed by atoms with Crippen molar-refractivity contribution in [3.63, 3.8) is 0 Å². The third-order valence-corrected chi connectivity index (χ3v) is 3.73. The minimum atomic E-state index is 0.523. The summed E-state index contributed by atoms with van der Waals surface area (Å²) >= 11 is 9.49. The third-order valence-electron chi connectivity index (χ3n) is 2.88. The molecule has 0 heterocycles. The lowest BCUT2D eigenvalue weighted by Crippen LogP contribution is -2.35. The molecule has 1 aromatic carbocycles. The molecule has 1 aliphatic rings. The van der Waals surface area contributed by atoms with Gasteiger partial charge in [-0.15, -0.1) is 0 Å². The molecule has 0 aromatic heterocycles. The van der Waals surface area contributed by atoms with Gasteiger partial charge in [-0.1, -0.05) is 33.6 Å². The van der Waals surface area contributed by atoms with Crippen LogP contribution in [0.5, 0.6) is 0 Å². The van der Waals surface area contributed by atoms with Gasteiger partial charge in [0.15, 0.2) is 5.96 Å². The zero-order valence-corrected chi connectivity index (χ0v) is 12.0. The fourth-order valence-corrected chi connectivity index (χ4v) is 2.31. The van der Waals surface area contributed by atoms with E-state index in [1.807, 2.05) is 30.1 Å². The second-order valence-electron chi connectivity index (χ2n) is 4.25. The van der Waals surface area contributed by atoms with Crippen molar-refractivity contribution < 1.29 is 0 Å².